The molecule has 122 valence electrons. The van der Waals surface area contributed by atoms with Gasteiger partial charge in [0, 0.05) is 29.4 Å². The molecule has 0 aliphatic heterocycles. The van der Waals surface area contributed by atoms with Crippen molar-refractivity contribution >= 4 is 29.3 Å². The third kappa shape index (κ3) is 7.17. The number of nitrogens with two attached hydrogens (primary N) is 1. The van der Waals surface area contributed by atoms with Crippen molar-refractivity contribution in [2.45, 2.75) is 32.8 Å². The number of nitrogens with one attached hydrogen (secondary N) is 2. The number of alkyl carbamates (subject to hydrolysis) is 1. The summed E-state index contributed by atoms with van der Waals surface area (Å²) in [6, 6.07) is 4.68. The molecule has 22 heavy (non-hydrogen) atoms. The summed E-state index contributed by atoms with van der Waals surface area (Å²) in [4.78, 5) is 23.3. The molecule has 0 heterocycles. The van der Waals surface area contributed by atoms with Crippen molar-refractivity contribution in [2.24, 2.45) is 0 Å². The lowest BCUT2D eigenvalue weighted by Gasteiger charge is -2.19. The normalized spacial score (nSPS) is 10.9. The van der Waals surface area contributed by atoms with E-state index in [1.165, 1.54) is 0 Å². The molecule has 0 radical (unpaired) electrons. The van der Waals surface area contributed by atoms with Gasteiger partial charge in [-0.15, -0.1) is 0 Å². The quantitative estimate of drug-likeness (QED) is 0.572. The van der Waals surface area contributed by atoms with Crippen LogP contribution in [0.25, 0.3) is 0 Å². The number of hydrogen-bond donors (Lipinski definition) is 3. The monoisotopic (exact) mass is 327 g/mol. The second-order valence-electron chi connectivity index (χ2n) is 5.81. The maximum Gasteiger partial charge on any atom is 0.407 e. The van der Waals surface area contributed by atoms with Crippen molar-refractivity contribution in [3.63, 3.8) is 0 Å². The van der Waals surface area contributed by atoms with E-state index in [1.807, 2.05) is 0 Å². The number of hydrogen-bond acceptors (Lipinski definition) is 4. The van der Waals surface area contributed by atoms with Crippen molar-refractivity contribution in [3.05, 3.63) is 28.8 Å². The smallest absolute Gasteiger partial charge is 0.407 e. The van der Waals surface area contributed by atoms with Crippen LogP contribution >= 0.6 is 11.6 Å². The van der Waals surface area contributed by atoms with E-state index in [0.717, 1.165) is 0 Å². The second-order valence-corrected chi connectivity index (χ2v) is 6.25. The van der Waals surface area contributed by atoms with Crippen molar-refractivity contribution < 1.29 is 14.3 Å². The molecule has 1 aromatic rings. The lowest BCUT2D eigenvalue weighted by molar-refractivity contribution is 0.0527. The number of amides is 2. The molecule has 1 rings (SSSR count). The average Bonchev–Trinajstić information content (AvgIpc) is 2.34. The molecule has 0 aliphatic rings. The number of benzene rings is 1. The highest BCUT2D eigenvalue weighted by Crippen LogP contribution is 2.16. The Balaban J connectivity index is 2.27. The van der Waals surface area contributed by atoms with E-state index in [0.29, 0.717) is 35.8 Å². The van der Waals surface area contributed by atoms with Crippen LogP contribution < -0.4 is 16.4 Å². The third-order valence-electron chi connectivity index (χ3n) is 2.49. The van der Waals surface area contributed by atoms with Crippen LogP contribution in [-0.4, -0.2) is 30.7 Å². The third-order valence-corrected chi connectivity index (χ3v) is 2.71. The Bertz CT molecular complexity index is 521. The predicted octanol–water partition coefficient (Wildman–Crippen LogP) is 2.57. The van der Waals surface area contributed by atoms with E-state index < -0.39 is 11.7 Å². The summed E-state index contributed by atoms with van der Waals surface area (Å²) >= 11 is 5.84. The minimum Gasteiger partial charge on any atom is -0.444 e. The number of nitrogen functional groups attached to an aromatic ring is 1. The van der Waals surface area contributed by atoms with Crippen molar-refractivity contribution in [1.82, 2.24) is 10.6 Å². The zero-order chi connectivity index (χ0) is 16.8. The molecule has 7 heteroatoms. The van der Waals surface area contributed by atoms with Gasteiger partial charge in [0.25, 0.3) is 5.91 Å². The van der Waals surface area contributed by atoms with Gasteiger partial charge in [0.2, 0.25) is 0 Å². The van der Waals surface area contributed by atoms with Crippen LogP contribution in [0.1, 0.15) is 37.6 Å². The molecule has 0 spiro atoms. The maximum absolute atomic E-state index is 11.9. The number of carbonyl (C=O) groups excluding carboxylic acids is 2. The molecule has 1 aromatic carbocycles. The van der Waals surface area contributed by atoms with Crippen LogP contribution in [0, 0.1) is 0 Å². The summed E-state index contributed by atoms with van der Waals surface area (Å²) in [6.45, 7) is 6.21. The molecule has 0 saturated heterocycles. The van der Waals surface area contributed by atoms with Crippen LogP contribution in [0.2, 0.25) is 5.02 Å². The van der Waals surface area contributed by atoms with Crippen LogP contribution in [0.3, 0.4) is 0 Å². The molecule has 0 atom stereocenters. The maximum atomic E-state index is 11.9. The molecule has 0 aliphatic carbocycles. The Morgan fingerprint density at radius 2 is 1.82 bits per heavy atom. The largest absolute Gasteiger partial charge is 0.444 e. The van der Waals surface area contributed by atoms with Crippen molar-refractivity contribution in [3.8, 4) is 0 Å². The van der Waals surface area contributed by atoms with Crippen LogP contribution in [0.5, 0.6) is 0 Å². The van der Waals surface area contributed by atoms with Gasteiger partial charge in [0.05, 0.1) is 0 Å². The van der Waals surface area contributed by atoms with Gasteiger partial charge in [0.15, 0.2) is 0 Å². The zero-order valence-corrected chi connectivity index (χ0v) is 13.8. The standard InChI is InChI=1S/C15H22ClN3O3/c1-15(2,3)22-14(21)19-6-4-5-18-13(20)10-7-11(16)9-12(17)8-10/h7-9H,4-6,17H2,1-3H3,(H,18,20)(H,19,21). The first-order chi connectivity index (χ1) is 10.2. The van der Waals surface area contributed by atoms with Gasteiger partial charge in [-0.3, -0.25) is 4.79 Å². The average molecular weight is 328 g/mol. The first-order valence-corrected chi connectivity index (χ1v) is 7.36. The fraction of sp³-hybridized carbons (Fsp3) is 0.467. The summed E-state index contributed by atoms with van der Waals surface area (Å²) in [6.07, 6.45) is 0.113. The van der Waals surface area contributed by atoms with Gasteiger partial charge < -0.3 is 21.1 Å². The molecule has 6 nitrogen and oxygen atoms in total. The predicted molar refractivity (Wildman–Crippen MR) is 87.1 cm³/mol. The molecule has 0 fully saturated rings. The van der Waals surface area contributed by atoms with Crippen molar-refractivity contribution in [1.29, 1.82) is 0 Å². The van der Waals surface area contributed by atoms with Gasteiger partial charge in [-0.05, 0) is 45.4 Å². The Kier molecular flexibility index (Phi) is 6.49. The summed E-state index contributed by atoms with van der Waals surface area (Å²) in [7, 11) is 0. The summed E-state index contributed by atoms with van der Waals surface area (Å²) in [5.74, 6) is -0.258. The van der Waals surface area contributed by atoms with Crippen LogP contribution in [0.4, 0.5) is 10.5 Å². The lowest BCUT2D eigenvalue weighted by Crippen LogP contribution is -2.34. The molecule has 0 aromatic heterocycles. The SMILES string of the molecule is CC(C)(C)OC(=O)NCCCNC(=O)c1cc(N)cc(Cl)c1. The molecular formula is C15H22ClN3O3. The molecule has 4 N–H and O–H groups in total. The number of ether oxygens (including phenoxy) is 1. The van der Waals surface area contributed by atoms with E-state index >= 15 is 0 Å². The highest BCUT2D eigenvalue weighted by molar-refractivity contribution is 6.31. The Morgan fingerprint density at radius 3 is 2.41 bits per heavy atom. The van der Waals surface area contributed by atoms with E-state index in [4.69, 9.17) is 22.1 Å². The number of carbonyl (C=O) groups is 2. The number of anilines is 1. The number of rotatable bonds is 5. The summed E-state index contributed by atoms with van der Waals surface area (Å²) < 4.78 is 5.10. The second kappa shape index (κ2) is 7.89. The van der Waals surface area contributed by atoms with Gasteiger partial charge in [-0.1, -0.05) is 11.6 Å². The molecule has 2 amide bonds. The first kappa shape index (κ1) is 18.1. The van der Waals surface area contributed by atoms with Crippen molar-refractivity contribution in [2.75, 3.05) is 18.8 Å². The lowest BCUT2D eigenvalue weighted by atomic mass is 10.2. The van der Waals surface area contributed by atoms with Crippen LogP contribution in [-0.2, 0) is 4.74 Å². The Morgan fingerprint density at radius 1 is 1.18 bits per heavy atom. The van der Waals surface area contributed by atoms with E-state index in [-0.39, 0.29) is 5.91 Å². The first-order valence-electron chi connectivity index (χ1n) is 6.98. The summed E-state index contributed by atoms with van der Waals surface area (Å²) in [5.41, 5.74) is 5.95. The number of halogens is 1. The highest BCUT2D eigenvalue weighted by atomic mass is 35.5. The summed E-state index contributed by atoms with van der Waals surface area (Å²) in [5, 5.41) is 5.76. The van der Waals surface area contributed by atoms with Crippen LogP contribution in [0.15, 0.2) is 18.2 Å². The minimum atomic E-state index is -0.523. The molecular weight excluding hydrogens is 306 g/mol. The van der Waals surface area contributed by atoms with E-state index in [2.05, 4.69) is 10.6 Å². The van der Waals surface area contributed by atoms with E-state index in [9.17, 15) is 9.59 Å². The topological polar surface area (TPSA) is 93.5 Å². The fourth-order valence-electron chi connectivity index (χ4n) is 1.64. The Labute approximate surface area is 135 Å². The highest BCUT2D eigenvalue weighted by Gasteiger charge is 2.15. The van der Waals surface area contributed by atoms with Gasteiger partial charge in [-0.2, -0.15) is 0 Å². The molecule has 0 unspecified atom stereocenters. The zero-order valence-electron chi connectivity index (χ0n) is 13.0. The fourth-order valence-corrected chi connectivity index (χ4v) is 1.88. The van der Waals surface area contributed by atoms with Gasteiger partial charge in [0.1, 0.15) is 5.60 Å². The van der Waals surface area contributed by atoms with Gasteiger partial charge in [-0.25, -0.2) is 4.79 Å². The Hall–Kier alpha value is -1.95. The van der Waals surface area contributed by atoms with E-state index in [1.54, 1.807) is 39.0 Å². The van der Waals surface area contributed by atoms with Gasteiger partial charge >= 0.3 is 6.09 Å². The molecule has 0 saturated carbocycles. The molecule has 0 bridgehead atoms. The minimum absolute atomic E-state index is 0.258.